The summed E-state index contributed by atoms with van der Waals surface area (Å²) < 4.78 is 5.34. The number of hydrogen-bond acceptors (Lipinski definition) is 4. The summed E-state index contributed by atoms with van der Waals surface area (Å²) in [5, 5.41) is 3.31. The lowest BCUT2D eigenvalue weighted by molar-refractivity contribution is -0.153. The van der Waals surface area contributed by atoms with E-state index >= 15 is 0 Å². The first-order valence-electron chi connectivity index (χ1n) is 8.74. The van der Waals surface area contributed by atoms with Crippen molar-refractivity contribution in [3.8, 4) is 0 Å². The maximum absolute atomic E-state index is 12.4. The molecule has 122 valence electrons. The largest absolute Gasteiger partial charge is 0.465 e. The minimum atomic E-state index is -0.436. The second-order valence-electron chi connectivity index (χ2n) is 6.66. The van der Waals surface area contributed by atoms with E-state index in [2.05, 4.69) is 17.1 Å². The second kappa shape index (κ2) is 7.59. The number of esters is 1. The first kappa shape index (κ1) is 16.8. The van der Waals surface area contributed by atoms with E-state index in [9.17, 15) is 4.79 Å². The van der Waals surface area contributed by atoms with Gasteiger partial charge in [0.1, 0.15) is 5.54 Å². The lowest BCUT2D eigenvalue weighted by atomic mass is 9.84. The molecule has 0 bridgehead atoms. The molecule has 0 saturated heterocycles. The fraction of sp³-hybridized carbons (Fsp3) is 0.941. The van der Waals surface area contributed by atoms with Crippen LogP contribution in [-0.2, 0) is 9.53 Å². The van der Waals surface area contributed by atoms with Gasteiger partial charge in [0, 0.05) is 6.54 Å². The summed E-state index contributed by atoms with van der Waals surface area (Å²) >= 11 is 0. The highest BCUT2D eigenvalue weighted by molar-refractivity contribution is 5.81. The van der Waals surface area contributed by atoms with Crippen molar-refractivity contribution < 1.29 is 9.53 Å². The van der Waals surface area contributed by atoms with Gasteiger partial charge in [-0.25, -0.2) is 0 Å². The van der Waals surface area contributed by atoms with E-state index in [0.717, 1.165) is 44.7 Å². The minimum absolute atomic E-state index is 0.0414. The van der Waals surface area contributed by atoms with Crippen LogP contribution in [0.3, 0.4) is 0 Å². The summed E-state index contributed by atoms with van der Waals surface area (Å²) in [6.45, 7) is 8.08. The quantitative estimate of drug-likeness (QED) is 0.664. The van der Waals surface area contributed by atoms with Crippen molar-refractivity contribution in [3.63, 3.8) is 0 Å². The normalized spacial score (nSPS) is 29.0. The third-order valence-electron chi connectivity index (χ3n) is 5.36. The molecule has 2 aliphatic carbocycles. The average Bonchev–Trinajstić information content (AvgIpc) is 3.21. The van der Waals surface area contributed by atoms with Crippen molar-refractivity contribution in [3.05, 3.63) is 0 Å². The van der Waals surface area contributed by atoms with E-state index in [1.165, 1.54) is 19.4 Å². The lowest BCUT2D eigenvalue weighted by Crippen LogP contribution is -2.54. The van der Waals surface area contributed by atoms with Gasteiger partial charge in [-0.1, -0.05) is 13.3 Å². The Balaban J connectivity index is 1.91. The highest BCUT2D eigenvalue weighted by Gasteiger charge is 2.48. The molecule has 4 heteroatoms. The van der Waals surface area contributed by atoms with Crippen LogP contribution >= 0.6 is 0 Å². The molecule has 0 aliphatic heterocycles. The van der Waals surface area contributed by atoms with Crippen LogP contribution in [0.2, 0.25) is 0 Å². The summed E-state index contributed by atoms with van der Waals surface area (Å²) in [5.74, 6) is 1.31. The number of hydrogen-bond donors (Lipinski definition) is 1. The number of likely N-dealkylation sites (N-methyl/N-ethyl adjacent to an activating group) is 1. The number of nitrogens with one attached hydrogen (secondary N) is 1. The van der Waals surface area contributed by atoms with E-state index in [1.54, 1.807) is 0 Å². The molecular weight excluding hydrogens is 264 g/mol. The van der Waals surface area contributed by atoms with Crippen molar-refractivity contribution in [1.82, 2.24) is 10.2 Å². The van der Waals surface area contributed by atoms with Gasteiger partial charge in [-0.05, 0) is 71.0 Å². The van der Waals surface area contributed by atoms with Crippen LogP contribution in [-0.4, -0.2) is 49.7 Å². The Morgan fingerprint density at radius 1 is 1.33 bits per heavy atom. The van der Waals surface area contributed by atoms with Crippen molar-refractivity contribution in [2.75, 3.05) is 33.3 Å². The molecule has 0 amide bonds. The molecular formula is C17H32N2O2. The van der Waals surface area contributed by atoms with E-state index < -0.39 is 5.54 Å². The summed E-state index contributed by atoms with van der Waals surface area (Å²) in [6.07, 6.45) is 7.09. The summed E-state index contributed by atoms with van der Waals surface area (Å²) in [4.78, 5) is 15.0. The molecule has 2 fully saturated rings. The predicted molar refractivity (Wildman–Crippen MR) is 85.2 cm³/mol. The molecule has 2 rings (SSSR count). The standard InChI is InChI=1S/C17H32N2O2/c1-4-19(13-14-8-9-14)12-10-15-7-6-11-17(15,18-3)16(20)21-5-2/h14-15,18H,4-13H2,1-3H3. The molecule has 0 heterocycles. The van der Waals surface area contributed by atoms with Crippen LogP contribution in [0.5, 0.6) is 0 Å². The zero-order chi connectivity index (χ0) is 15.3. The molecule has 21 heavy (non-hydrogen) atoms. The fourth-order valence-electron chi connectivity index (χ4n) is 3.81. The summed E-state index contributed by atoms with van der Waals surface area (Å²) in [7, 11) is 1.91. The first-order chi connectivity index (χ1) is 10.2. The van der Waals surface area contributed by atoms with Gasteiger partial charge in [-0.15, -0.1) is 0 Å². The van der Waals surface area contributed by atoms with Crippen LogP contribution in [0.25, 0.3) is 0 Å². The number of ether oxygens (including phenoxy) is 1. The number of nitrogens with zero attached hydrogens (tertiary/aromatic N) is 1. The third kappa shape index (κ3) is 3.98. The Morgan fingerprint density at radius 3 is 2.67 bits per heavy atom. The van der Waals surface area contributed by atoms with Crippen LogP contribution in [0.4, 0.5) is 0 Å². The third-order valence-corrected chi connectivity index (χ3v) is 5.36. The lowest BCUT2D eigenvalue weighted by Gasteiger charge is -2.34. The van der Waals surface area contributed by atoms with Gasteiger partial charge in [0.15, 0.2) is 0 Å². The topological polar surface area (TPSA) is 41.6 Å². The van der Waals surface area contributed by atoms with Gasteiger partial charge < -0.3 is 15.0 Å². The maximum Gasteiger partial charge on any atom is 0.326 e. The van der Waals surface area contributed by atoms with E-state index in [1.807, 2.05) is 14.0 Å². The smallest absolute Gasteiger partial charge is 0.326 e. The monoisotopic (exact) mass is 296 g/mol. The predicted octanol–water partition coefficient (Wildman–Crippen LogP) is 2.43. The van der Waals surface area contributed by atoms with Gasteiger partial charge in [-0.2, -0.15) is 0 Å². The molecule has 0 aromatic rings. The SMILES string of the molecule is CCOC(=O)C1(NC)CCCC1CCN(CC)CC1CC1. The Kier molecular flexibility index (Phi) is 6.06. The van der Waals surface area contributed by atoms with Gasteiger partial charge in [-0.3, -0.25) is 4.79 Å². The van der Waals surface area contributed by atoms with E-state index in [-0.39, 0.29) is 5.97 Å². The second-order valence-corrected chi connectivity index (χ2v) is 6.66. The van der Waals surface area contributed by atoms with Crippen molar-refractivity contribution in [2.24, 2.45) is 11.8 Å². The molecule has 2 atom stereocenters. The molecule has 0 radical (unpaired) electrons. The van der Waals surface area contributed by atoms with Gasteiger partial charge in [0.2, 0.25) is 0 Å². The van der Waals surface area contributed by atoms with Gasteiger partial charge in [0.05, 0.1) is 6.61 Å². The molecule has 0 aromatic heterocycles. The molecule has 2 saturated carbocycles. The Labute approximate surface area is 129 Å². The Morgan fingerprint density at radius 2 is 2.10 bits per heavy atom. The average molecular weight is 296 g/mol. The van der Waals surface area contributed by atoms with Crippen LogP contribution in [0.1, 0.15) is 52.4 Å². The van der Waals surface area contributed by atoms with Crippen LogP contribution < -0.4 is 5.32 Å². The minimum Gasteiger partial charge on any atom is -0.465 e. The zero-order valence-corrected chi connectivity index (χ0v) is 14.0. The summed E-state index contributed by atoms with van der Waals surface area (Å²) in [6, 6.07) is 0. The van der Waals surface area contributed by atoms with Crippen molar-refractivity contribution >= 4 is 5.97 Å². The fourth-order valence-corrected chi connectivity index (χ4v) is 3.81. The Bertz CT molecular complexity index is 344. The van der Waals surface area contributed by atoms with Crippen LogP contribution in [0, 0.1) is 11.8 Å². The van der Waals surface area contributed by atoms with Crippen LogP contribution in [0.15, 0.2) is 0 Å². The van der Waals surface area contributed by atoms with Crippen molar-refractivity contribution in [2.45, 2.75) is 57.9 Å². The first-order valence-corrected chi connectivity index (χ1v) is 8.74. The highest BCUT2D eigenvalue weighted by atomic mass is 16.5. The number of carbonyl (C=O) groups excluding carboxylic acids is 1. The zero-order valence-electron chi connectivity index (χ0n) is 14.0. The van der Waals surface area contributed by atoms with Gasteiger partial charge in [0.25, 0.3) is 0 Å². The van der Waals surface area contributed by atoms with E-state index in [0.29, 0.717) is 12.5 Å². The molecule has 2 aliphatic rings. The Hall–Kier alpha value is -0.610. The van der Waals surface area contributed by atoms with E-state index in [4.69, 9.17) is 4.74 Å². The molecule has 1 N–H and O–H groups in total. The molecule has 2 unspecified atom stereocenters. The molecule has 0 aromatic carbocycles. The number of carbonyl (C=O) groups is 1. The van der Waals surface area contributed by atoms with Gasteiger partial charge >= 0.3 is 5.97 Å². The highest BCUT2D eigenvalue weighted by Crippen LogP contribution is 2.39. The molecule has 4 nitrogen and oxygen atoms in total. The number of rotatable bonds is 9. The maximum atomic E-state index is 12.4. The van der Waals surface area contributed by atoms with Crippen molar-refractivity contribution in [1.29, 1.82) is 0 Å². The molecule has 0 spiro atoms. The summed E-state index contributed by atoms with van der Waals surface area (Å²) in [5.41, 5.74) is -0.436.